The molecule has 1 aromatic rings. The summed E-state index contributed by atoms with van der Waals surface area (Å²) in [4.78, 5) is 14.1. The summed E-state index contributed by atoms with van der Waals surface area (Å²) in [5.74, 6) is 0.132. The fraction of sp³-hybridized carbons (Fsp3) is 0.583. The van der Waals surface area contributed by atoms with E-state index in [1.807, 2.05) is 29.9 Å². The number of carbonyl (C=O) groups is 1. The predicted octanol–water partition coefficient (Wildman–Crippen LogP) is 0.665. The highest BCUT2D eigenvalue weighted by Crippen LogP contribution is 2.17. The summed E-state index contributed by atoms with van der Waals surface area (Å²) in [6.45, 7) is 1.49. The van der Waals surface area contributed by atoms with Gasteiger partial charge in [-0.2, -0.15) is 0 Å². The summed E-state index contributed by atoms with van der Waals surface area (Å²) in [6.07, 6.45) is 3.95. The average Bonchev–Trinajstić information content (AvgIpc) is 2.86. The van der Waals surface area contributed by atoms with E-state index in [1.165, 1.54) is 0 Å². The fourth-order valence-corrected chi connectivity index (χ4v) is 2.33. The second-order valence-electron chi connectivity index (χ2n) is 4.38. The van der Waals surface area contributed by atoms with Crippen LogP contribution in [-0.2, 0) is 7.05 Å². The van der Waals surface area contributed by atoms with Crippen molar-refractivity contribution in [3.63, 3.8) is 0 Å². The van der Waals surface area contributed by atoms with E-state index in [9.17, 15) is 9.90 Å². The molecule has 0 spiro atoms. The van der Waals surface area contributed by atoms with E-state index in [2.05, 4.69) is 4.90 Å². The number of hydrogen-bond acceptors (Lipinski definition) is 3. The van der Waals surface area contributed by atoms with E-state index >= 15 is 0 Å². The Balaban J connectivity index is 2.00. The highest BCUT2D eigenvalue weighted by Gasteiger charge is 2.26. The number of aromatic nitrogens is 1. The Morgan fingerprint density at radius 3 is 3.06 bits per heavy atom. The van der Waals surface area contributed by atoms with Gasteiger partial charge in [0, 0.05) is 19.3 Å². The molecular formula is C12H18N2O2. The number of hydrogen-bond donors (Lipinski definition) is 1. The van der Waals surface area contributed by atoms with Crippen LogP contribution in [0.1, 0.15) is 23.3 Å². The lowest BCUT2D eigenvalue weighted by atomic mass is 10.2. The molecule has 0 saturated carbocycles. The van der Waals surface area contributed by atoms with Crippen molar-refractivity contribution < 1.29 is 9.90 Å². The van der Waals surface area contributed by atoms with Gasteiger partial charge < -0.3 is 9.67 Å². The molecule has 2 heterocycles. The van der Waals surface area contributed by atoms with Gasteiger partial charge in [-0.05, 0) is 31.5 Å². The molecule has 4 heteroatoms. The van der Waals surface area contributed by atoms with Gasteiger partial charge in [0.25, 0.3) is 0 Å². The first kappa shape index (κ1) is 11.4. The zero-order valence-electron chi connectivity index (χ0n) is 9.59. The monoisotopic (exact) mass is 222 g/mol. The number of nitrogens with zero attached hydrogens (tertiary/aromatic N) is 2. The van der Waals surface area contributed by atoms with E-state index in [1.54, 1.807) is 0 Å². The van der Waals surface area contributed by atoms with E-state index < -0.39 is 0 Å². The molecule has 0 bridgehead atoms. The number of aryl methyl sites for hydroxylation is 1. The molecule has 4 nitrogen and oxygen atoms in total. The van der Waals surface area contributed by atoms with E-state index in [0.29, 0.717) is 6.54 Å². The van der Waals surface area contributed by atoms with Crippen LogP contribution in [0.5, 0.6) is 0 Å². The van der Waals surface area contributed by atoms with E-state index in [-0.39, 0.29) is 18.4 Å². The molecule has 1 saturated heterocycles. The summed E-state index contributed by atoms with van der Waals surface area (Å²) in [6, 6.07) is 3.89. The standard InChI is InChI=1S/C12H18N2O2/c1-13-6-3-5-11(13)12(16)8-14-7-2-4-10(14)9-15/h3,5-6,10,15H,2,4,7-9H2,1H3. The van der Waals surface area contributed by atoms with Crippen molar-refractivity contribution in [2.24, 2.45) is 7.05 Å². The van der Waals surface area contributed by atoms with Crippen LogP contribution < -0.4 is 0 Å². The number of rotatable bonds is 4. The van der Waals surface area contributed by atoms with Crippen molar-refractivity contribution in [1.29, 1.82) is 0 Å². The maximum atomic E-state index is 12.0. The van der Waals surface area contributed by atoms with Crippen LogP contribution in [0.15, 0.2) is 18.3 Å². The highest BCUT2D eigenvalue weighted by molar-refractivity contribution is 5.96. The van der Waals surface area contributed by atoms with Gasteiger partial charge in [-0.3, -0.25) is 9.69 Å². The summed E-state index contributed by atoms with van der Waals surface area (Å²) in [5.41, 5.74) is 0.739. The predicted molar refractivity (Wildman–Crippen MR) is 61.4 cm³/mol. The zero-order valence-corrected chi connectivity index (χ0v) is 9.59. The second kappa shape index (κ2) is 4.80. The average molecular weight is 222 g/mol. The molecule has 16 heavy (non-hydrogen) atoms. The lowest BCUT2D eigenvalue weighted by Crippen LogP contribution is -2.36. The van der Waals surface area contributed by atoms with Gasteiger partial charge >= 0.3 is 0 Å². The summed E-state index contributed by atoms with van der Waals surface area (Å²) >= 11 is 0. The molecule has 0 aromatic carbocycles. The largest absolute Gasteiger partial charge is 0.395 e. The van der Waals surface area contributed by atoms with Crippen molar-refractivity contribution in [2.45, 2.75) is 18.9 Å². The summed E-state index contributed by atoms with van der Waals surface area (Å²) in [5, 5.41) is 9.18. The normalized spacial score (nSPS) is 21.5. The van der Waals surface area contributed by atoms with Gasteiger partial charge in [-0.15, -0.1) is 0 Å². The SMILES string of the molecule is Cn1cccc1C(=O)CN1CCCC1CO. The Labute approximate surface area is 95.5 Å². The highest BCUT2D eigenvalue weighted by atomic mass is 16.3. The minimum Gasteiger partial charge on any atom is -0.395 e. The third-order valence-corrected chi connectivity index (χ3v) is 3.29. The molecule has 0 aliphatic carbocycles. The maximum Gasteiger partial charge on any atom is 0.193 e. The van der Waals surface area contributed by atoms with Gasteiger partial charge in [0.2, 0.25) is 0 Å². The van der Waals surface area contributed by atoms with Crippen molar-refractivity contribution in [3.8, 4) is 0 Å². The molecule has 1 aliphatic rings. The van der Waals surface area contributed by atoms with Gasteiger partial charge in [-0.25, -0.2) is 0 Å². The summed E-state index contributed by atoms with van der Waals surface area (Å²) < 4.78 is 1.84. The number of aliphatic hydroxyl groups excluding tert-OH is 1. The number of aliphatic hydroxyl groups is 1. The van der Waals surface area contributed by atoms with Crippen LogP contribution >= 0.6 is 0 Å². The Kier molecular flexibility index (Phi) is 3.41. The van der Waals surface area contributed by atoms with Crippen molar-refractivity contribution >= 4 is 5.78 Å². The van der Waals surface area contributed by atoms with E-state index in [0.717, 1.165) is 25.1 Å². The first-order valence-electron chi connectivity index (χ1n) is 5.72. The van der Waals surface area contributed by atoms with Crippen molar-refractivity contribution in [2.75, 3.05) is 19.7 Å². The third-order valence-electron chi connectivity index (χ3n) is 3.29. The van der Waals surface area contributed by atoms with Crippen LogP contribution in [0.4, 0.5) is 0 Å². The van der Waals surface area contributed by atoms with Crippen molar-refractivity contribution in [3.05, 3.63) is 24.0 Å². The smallest absolute Gasteiger partial charge is 0.193 e. The Hall–Kier alpha value is -1.13. The molecule has 88 valence electrons. The molecule has 1 unspecified atom stereocenters. The topological polar surface area (TPSA) is 45.5 Å². The van der Waals surface area contributed by atoms with Crippen LogP contribution in [0.2, 0.25) is 0 Å². The molecule has 1 fully saturated rings. The first-order chi connectivity index (χ1) is 7.72. The quantitative estimate of drug-likeness (QED) is 0.761. The number of ketones is 1. The van der Waals surface area contributed by atoms with Crippen LogP contribution in [0.3, 0.4) is 0 Å². The number of Topliss-reactive ketones (excluding diaryl/α,β-unsaturated/α-hetero) is 1. The van der Waals surface area contributed by atoms with Crippen LogP contribution in [-0.4, -0.2) is 46.1 Å². The molecule has 1 aromatic heterocycles. The minimum atomic E-state index is 0.132. The summed E-state index contributed by atoms with van der Waals surface area (Å²) in [7, 11) is 1.88. The van der Waals surface area contributed by atoms with Gasteiger partial charge in [0.1, 0.15) is 0 Å². The third kappa shape index (κ3) is 2.18. The Morgan fingerprint density at radius 1 is 1.62 bits per heavy atom. The molecule has 1 atom stereocenters. The first-order valence-corrected chi connectivity index (χ1v) is 5.72. The molecule has 2 rings (SSSR count). The van der Waals surface area contributed by atoms with E-state index in [4.69, 9.17) is 0 Å². The van der Waals surface area contributed by atoms with Crippen molar-refractivity contribution in [1.82, 2.24) is 9.47 Å². The molecule has 1 aliphatic heterocycles. The molecular weight excluding hydrogens is 204 g/mol. The fourth-order valence-electron chi connectivity index (χ4n) is 2.33. The zero-order chi connectivity index (χ0) is 11.5. The minimum absolute atomic E-state index is 0.132. The van der Waals surface area contributed by atoms with Crippen LogP contribution in [0, 0.1) is 0 Å². The number of likely N-dealkylation sites (tertiary alicyclic amines) is 1. The molecule has 0 radical (unpaired) electrons. The second-order valence-corrected chi connectivity index (χ2v) is 4.38. The Bertz CT molecular complexity index is 373. The number of carbonyl (C=O) groups excluding carboxylic acids is 1. The van der Waals surface area contributed by atoms with Gasteiger partial charge in [-0.1, -0.05) is 0 Å². The Morgan fingerprint density at radius 2 is 2.44 bits per heavy atom. The molecule has 1 N–H and O–H groups in total. The maximum absolute atomic E-state index is 12.0. The lowest BCUT2D eigenvalue weighted by molar-refractivity contribution is 0.0880. The molecule has 0 amide bonds. The van der Waals surface area contributed by atoms with Crippen LogP contribution in [0.25, 0.3) is 0 Å². The lowest BCUT2D eigenvalue weighted by Gasteiger charge is -2.21. The van der Waals surface area contributed by atoms with Gasteiger partial charge in [0.05, 0.1) is 18.8 Å². The van der Waals surface area contributed by atoms with Gasteiger partial charge in [0.15, 0.2) is 5.78 Å².